The van der Waals surface area contributed by atoms with Gasteiger partial charge >= 0.3 is 150 Å². The van der Waals surface area contributed by atoms with Crippen LogP contribution in [0.2, 0.25) is 0 Å². The standard InChI is InChI=1S/C21H18NPSe/c1-22-20-15-9-8-10-17(20)16-21(22)23(24,18-11-4-2-5-12-18)19-13-6-3-7-14-19/h2-16H,1H3. The first kappa shape index (κ1) is 15.7. The molecular weight excluding hydrogens is 376 g/mol. The third-order valence-corrected chi connectivity index (χ3v) is 11.4. The summed E-state index contributed by atoms with van der Waals surface area (Å²) in [5, 5.41) is 4.02. The van der Waals surface area contributed by atoms with Gasteiger partial charge in [-0.2, -0.15) is 0 Å². The minimum atomic E-state index is -1.80. The van der Waals surface area contributed by atoms with Gasteiger partial charge in [0.15, 0.2) is 0 Å². The average Bonchev–Trinajstić information content (AvgIpc) is 3.00. The van der Waals surface area contributed by atoms with E-state index in [0.717, 1.165) is 0 Å². The molecule has 0 radical (unpaired) electrons. The number of nitrogens with zero attached hydrogens (tertiary/aromatic N) is 1. The molecule has 4 aromatic rings. The van der Waals surface area contributed by atoms with E-state index in [1.807, 2.05) is 0 Å². The van der Waals surface area contributed by atoms with Gasteiger partial charge in [0.05, 0.1) is 0 Å². The van der Waals surface area contributed by atoms with Crippen LogP contribution < -0.4 is 16.0 Å². The number of rotatable bonds is 3. The Morgan fingerprint density at radius 3 is 1.75 bits per heavy atom. The van der Waals surface area contributed by atoms with Crippen LogP contribution in [0.3, 0.4) is 0 Å². The van der Waals surface area contributed by atoms with E-state index in [9.17, 15) is 0 Å². The molecule has 0 atom stereocenters. The molecule has 3 aromatic carbocycles. The summed E-state index contributed by atoms with van der Waals surface area (Å²) in [5.74, 6) is 0. The quantitative estimate of drug-likeness (QED) is 0.370. The van der Waals surface area contributed by atoms with Gasteiger partial charge in [-0.25, -0.2) is 0 Å². The first-order chi connectivity index (χ1) is 11.7. The van der Waals surface area contributed by atoms with Crippen LogP contribution in [-0.2, 0) is 7.05 Å². The Morgan fingerprint density at radius 1 is 0.708 bits per heavy atom. The number of fused-ring (bicyclic) bond motifs is 1. The number of hydrogen-bond acceptors (Lipinski definition) is 0. The van der Waals surface area contributed by atoms with E-state index in [0.29, 0.717) is 0 Å². The van der Waals surface area contributed by atoms with E-state index >= 15 is 0 Å². The molecule has 1 nitrogen and oxygen atoms in total. The zero-order valence-electron chi connectivity index (χ0n) is 13.5. The fraction of sp³-hybridized carbons (Fsp3) is 0.0476. The monoisotopic (exact) mass is 395 g/mol. The van der Waals surface area contributed by atoms with Crippen molar-refractivity contribution in [2.45, 2.75) is 0 Å². The van der Waals surface area contributed by atoms with Crippen LogP contribution in [0.1, 0.15) is 0 Å². The third kappa shape index (κ3) is 2.43. The second kappa shape index (κ2) is 6.22. The molecule has 0 aliphatic heterocycles. The van der Waals surface area contributed by atoms with Crippen molar-refractivity contribution < 1.29 is 0 Å². The van der Waals surface area contributed by atoms with Crippen LogP contribution in [0, 0.1) is 0 Å². The third-order valence-electron chi connectivity index (χ3n) is 4.49. The van der Waals surface area contributed by atoms with Crippen molar-refractivity contribution in [3.63, 3.8) is 0 Å². The molecule has 0 unspecified atom stereocenters. The number of aryl methyl sites for hydroxylation is 1. The average molecular weight is 394 g/mol. The number of aromatic nitrogens is 1. The van der Waals surface area contributed by atoms with Crippen molar-refractivity contribution in [1.29, 1.82) is 0 Å². The van der Waals surface area contributed by atoms with Crippen LogP contribution in [0.15, 0.2) is 91.0 Å². The van der Waals surface area contributed by atoms with Gasteiger partial charge in [-0.05, 0) is 0 Å². The maximum atomic E-state index is 3.63. The Kier molecular flexibility index (Phi) is 4.06. The molecule has 0 aliphatic rings. The summed E-state index contributed by atoms with van der Waals surface area (Å²) in [6.07, 6.45) is 0. The maximum absolute atomic E-state index is 3.63. The van der Waals surface area contributed by atoms with Gasteiger partial charge in [0.2, 0.25) is 0 Å². The van der Waals surface area contributed by atoms with Gasteiger partial charge in [-0.15, -0.1) is 0 Å². The Morgan fingerprint density at radius 2 is 1.21 bits per heavy atom. The summed E-state index contributed by atoms with van der Waals surface area (Å²) >= 11 is 3.63. The predicted octanol–water partition coefficient (Wildman–Crippen LogP) is 3.56. The molecular formula is C21H18NPSe. The molecule has 0 bridgehead atoms. The zero-order valence-corrected chi connectivity index (χ0v) is 16.1. The van der Waals surface area contributed by atoms with Crippen LogP contribution in [0.5, 0.6) is 0 Å². The Hall–Kier alpha value is -1.85. The normalized spacial score (nSPS) is 11.7. The second-order valence-corrected chi connectivity index (χ2v) is 12.1. The Labute approximate surface area is 150 Å². The van der Waals surface area contributed by atoms with Crippen molar-refractivity contribution >= 4 is 47.6 Å². The van der Waals surface area contributed by atoms with E-state index in [1.54, 1.807) is 0 Å². The summed E-state index contributed by atoms with van der Waals surface area (Å²) in [5.41, 5.74) is 0.840. The summed E-state index contributed by atoms with van der Waals surface area (Å²) in [4.78, 5) is 0. The molecule has 0 saturated carbocycles. The van der Waals surface area contributed by atoms with Crippen LogP contribution >= 0.6 is 5.51 Å². The van der Waals surface area contributed by atoms with Crippen molar-refractivity contribution in [2.75, 3.05) is 0 Å². The van der Waals surface area contributed by atoms with E-state index in [4.69, 9.17) is 0 Å². The zero-order chi connectivity index (χ0) is 16.6. The minimum absolute atomic E-state index is 1.28. The molecule has 0 aliphatic carbocycles. The van der Waals surface area contributed by atoms with Gasteiger partial charge in [-0.1, -0.05) is 0 Å². The van der Waals surface area contributed by atoms with Crippen LogP contribution in [0.4, 0.5) is 0 Å². The van der Waals surface area contributed by atoms with Crippen molar-refractivity contribution in [3.05, 3.63) is 91.0 Å². The van der Waals surface area contributed by atoms with Crippen molar-refractivity contribution in [2.24, 2.45) is 7.05 Å². The summed E-state index contributed by atoms with van der Waals surface area (Å²) in [6.45, 7) is 0. The van der Waals surface area contributed by atoms with E-state index in [2.05, 4.69) is 118 Å². The predicted molar refractivity (Wildman–Crippen MR) is 107 cm³/mol. The first-order valence-corrected chi connectivity index (χ1v) is 12.0. The van der Waals surface area contributed by atoms with Gasteiger partial charge < -0.3 is 0 Å². The molecule has 0 fully saturated rings. The van der Waals surface area contributed by atoms with Crippen molar-refractivity contribution in [1.82, 2.24) is 4.57 Å². The Balaban J connectivity index is 2.07. The Bertz CT molecular complexity index is 992. The number of benzene rings is 3. The fourth-order valence-electron chi connectivity index (χ4n) is 3.27. The van der Waals surface area contributed by atoms with E-state index in [-0.39, 0.29) is 0 Å². The molecule has 0 amide bonds. The van der Waals surface area contributed by atoms with E-state index < -0.39 is 5.51 Å². The SMILES string of the molecule is Cn1c(P(=[Se])(c2ccccc2)c2ccccc2)cc2ccccc21. The molecule has 3 heteroatoms. The molecule has 0 saturated heterocycles. The summed E-state index contributed by atoms with van der Waals surface area (Å²) in [6, 6.07) is 32.6. The summed E-state index contributed by atoms with van der Waals surface area (Å²) in [7, 11) is 2.18. The molecule has 1 heterocycles. The number of hydrogen-bond donors (Lipinski definition) is 0. The van der Waals surface area contributed by atoms with Crippen molar-refractivity contribution in [3.8, 4) is 0 Å². The first-order valence-electron chi connectivity index (χ1n) is 7.97. The molecule has 0 spiro atoms. The molecule has 4 rings (SSSR count). The number of para-hydroxylation sites is 1. The van der Waals surface area contributed by atoms with Crippen LogP contribution in [-0.4, -0.2) is 19.7 Å². The van der Waals surface area contributed by atoms with E-state index in [1.165, 1.54) is 26.9 Å². The molecule has 118 valence electrons. The van der Waals surface area contributed by atoms with Gasteiger partial charge in [0, 0.05) is 0 Å². The molecule has 1 aromatic heterocycles. The van der Waals surface area contributed by atoms with Gasteiger partial charge in [0.1, 0.15) is 0 Å². The summed E-state index contributed by atoms with van der Waals surface area (Å²) < 4.78 is 2.35. The fourth-order valence-corrected chi connectivity index (χ4v) is 8.76. The second-order valence-electron chi connectivity index (χ2n) is 5.90. The van der Waals surface area contributed by atoms with Gasteiger partial charge in [0.25, 0.3) is 0 Å². The van der Waals surface area contributed by atoms with Gasteiger partial charge in [-0.3, -0.25) is 0 Å². The molecule has 24 heavy (non-hydrogen) atoms. The van der Waals surface area contributed by atoms with Crippen LogP contribution in [0.25, 0.3) is 10.9 Å². The molecule has 0 N–H and O–H groups in total. The topological polar surface area (TPSA) is 4.93 Å².